The summed E-state index contributed by atoms with van der Waals surface area (Å²) in [5.74, 6) is 0. The molecule has 0 aliphatic carbocycles. The highest BCUT2D eigenvalue weighted by Gasteiger charge is 2.12. The summed E-state index contributed by atoms with van der Waals surface area (Å²) < 4.78 is 4.67. The molecule has 2 atom stereocenters. The van der Waals surface area contributed by atoms with E-state index in [-0.39, 0.29) is 12.1 Å². The Morgan fingerprint density at radius 3 is 2.38 bits per heavy atom. The molecule has 46 valence electrons. The molecule has 0 saturated heterocycles. The normalized spacial score (nSPS) is 36.5. The lowest BCUT2D eigenvalue weighted by atomic mass is 10.2. The van der Waals surface area contributed by atoms with Gasteiger partial charge in [0.2, 0.25) is 0 Å². The van der Waals surface area contributed by atoms with Crippen LogP contribution in [0.3, 0.4) is 0 Å². The van der Waals surface area contributed by atoms with Crippen molar-refractivity contribution in [1.82, 2.24) is 0 Å². The van der Waals surface area contributed by atoms with Crippen molar-refractivity contribution in [3.8, 4) is 0 Å². The van der Waals surface area contributed by atoms with Crippen LogP contribution in [0.2, 0.25) is 0 Å². The van der Waals surface area contributed by atoms with Gasteiger partial charge in [0.05, 0.1) is 6.04 Å². The van der Waals surface area contributed by atoms with E-state index in [0.29, 0.717) is 0 Å². The Morgan fingerprint density at radius 2 is 2.25 bits per heavy atom. The third kappa shape index (κ3) is 0.757. The fourth-order valence-electron chi connectivity index (χ4n) is 0.559. The van der Waals surface area contributed by atoms with Crippen LogP contribution in [0.1, 0.15) is 13.8 Å². The van der Waals surface area contributed by atoms with Gasteiger partial charge in [0.1, 0.15) is 6.08 Å². The van der Waals surface area contributed by atoms with Crippen LogP contribution in [0.25, 0.3) is 0 Å². The standard InChI is InChI=1S/C5H9NO2/c1-3-4(2)8-5(7)6-3/h3-4H,1-2H3,(H,6,7)/p-1/t3-,4+/m1/s1. The van der Waals surface area contributed by atoms with Crippen LogP contribution in [0.5, 0.6) is 0 Å². The highest BCUT2D eigenvalue weighted by atomic mass is 16.6. The minimum absolute atomic E-state index is 0.0255. The molecule has 3 nitrogen and oxygen atoms in total. The van der Waals surface area contributed by atoms with E-state index in [1.807, 2.05) is 13.8 Å². The summed E-state index contributed by atoms with van der Waals surface area (Å²) >= 11 is 0. The average molecular weight is 114 g/mol. The number of nitrogens with zero attached hydrogens (tertiary/aromatic N) is 1. The van der Waals surface area contributed by atoms with Crippen LogP contribution < -0.4 is 5.11 Å². The Hall–Kier alpha value is -0.730. The third-order valence-electron chi connectivity index (χ3n) is 1.28. The van der Waals surface area contributed by atoms with E-state index < -0.39 is 6.08 Å². The molecule has 0 fully saturated rings. The molecule has 0 radical (unpaired) electrons. The van der Waals surface area contributed by atoms with Crippen molar-refractivity contribution >= 4 is 6.08 Å². The van der Waals surface area contributed by atoms with Crippen molar-refractivity contribution in [2.45, 2.75) is 26.0 Å². The van der Waals surface area contributed by atoms with Crippen LogP contribution in [0, 0.1) is 0 Å². The third-order valence-corrected chi connectivity index (χ3v) is 1.28. The molecule has 0 aromatic heterocycles. The summed E-state index contributed by atoms with van der Waals surface area (Å²) in [5.41, 5.74) is 0. The van der Waals surface area contributed by atoms with Crippen molar-refractivity contribution in [1.29, 1.82) is 0 Å². The van der Waals surface area contributed by atoms with Crippen LogP contribution in [-0.4, -0.2) is 18.2 Å². The van der Waals surface area contributed by atoms with Gasteiger partial charge in [-0.3, -0.25) is 4.99 Å². The first-order valence-electron chi connectivity index (χ1n) is 2.61. The SMILES string of the molecule is C[C@@H]1OC([O-])=N[C@@H]1C. The van der Waals surface area contributed by atoms with E-state index in [9.17, 15) is 5.11 Å². The Bertz CT molecular complexity index is 122. The molecule has 0 spiro atoms. The van der Waals surface area contributed by atoms with E-state index in [1.54, 1.807) is 0 Å². The number of rotatable bonds is 0. The molecule has 3 heteroatoms. The Balaban J connectivity index is 2.56. The lowest BCUT2D eigenvalue weighted by Crippen LogP contribution is -2.20. The summed E-state index contributed by atoms with van der Waals surface area (Å²) in [6.45, 7) is 3.69. The van der Waals surface area contributed by atoms with Crippen molar-refractivity contribution in [3.05, 3.63) is 0 Å². The Morgan fingerprint density at radius 1 is 1.62 bits per heavy atom. The Labute approximate surface area is 48.0 Å². The maximum atomic E-state index is 10.3. The first-order chi connectivity index (χ1) is 3.70. The molecule has 0 aromatic rings. The first kappa shape index (κ1) is 5.41. The zero-order valence-corrected chi connectivity index (χ0v) is 4.92. The van der Waals surface area contributed by atoms with Gasteiger partial charge in [0.25, 0.3) is 0 Å². The van der Waals surface area contributed by atoms with Gasteiger partial charge in [-0.2, -0.15) is 0 Å². The molecular weight excluding hydrogens is 106 g/mol. The van der Waals surface area contributed by atoms with Gasteiger partial charge < -0.3 is 9.84 Å². The van der Waals surface area contributed by atoms with Gasteiger partial charge in [-0.1, -0.05) is 6.92 Å². The second-order valence-electron chi connectivity index (χ2n) is 1.96. The summed E-state index contributed by atoms with van der Waals surface area (Å²) in [6.07, 6.45) is -0.451. The van der Waals surface area contributed by atoms with E-state index in [1.165, 1.54) is 0 Å². The maximum absolute atomic E-state index is 10.3. The summed E-state index contributed by atoms with van der Waals surface area (Å²) in [6, 6.07) is 0.0440. The van der Waals surface area contributed by atoms with Crippen molar-refractivity contribution in [2.24, 2.45) is 4.99 Å². The fraction of sp³-hybridized carbons (Fsp3) is 0.800. The summed E-state index contributed by atoms with van der Waals surface area (Å²) in [7, 11) is 0. The molecule has 0 amide bonds. The van der Waals surface area contributed by atoms with Gasteiger partial charge in [-0.05, 0) is 6.92 Å². The molecule has 0 bridgehead atoms. The fourth-order valence-corrected chi connectivity index (χ4v) is 0.559. The second kappa shape index (κ2) is 1.65. The van der Waals surface area contributed by atoms with Crippen molar-refractivity contribution in [3.63, 3.8) is 0 Å². The van der Waals surface area contributed by atoms with Gasteiger partial charge >= 0.3 is 0 Å². The van der Waals surface area contributed by atoms with Crippen LogP contribution in [0.15, 0.2) is 4.99 Å². The first-order valence-corrected chi connectivity index (χ1v) is 2.61. The molecule has 0 aromatic carbocycles. The predicted molar refractivity (Wildman–Crippen MR) is 27.4 cm³/mol. The molecule has 8 heavy (non-hydrogen) atoms. The molecular formula is C5H8NO2-. The number of ether oxygens (including phenoxy) is 1. The maximum Gasteiger partial charge on any atom is 0.146 e. The molecule has 0 saturated carbocycles. The zero-order chi connectivity index (χ0) is 6.15. The average Bonchev–Trinajstić information content (AvgIpc) is 1.85. The van der Waals surface area contributed by atoms with E-state index in [0.717, 1.165) is 0 Å². The topological polar surface area (TPSA) is 44.6 Å². The van der Waals surface area contributed by atoms with Crippen LogP contribution in [-0.2, 0) is 4.74 Å². The number of hydrogen-bond donors (Lipinski definition) is 0. The highest BCUT2D eigenvalue weighted by Crippen LogP contribution is 2.08. The van der Waals surface area contributed by atoms with Gasteiger partial charge in [0.15, 0.2) is 0 Å². The van der Waals surface area contributed by atoms with Crippen molar-refractivity contribution < 1.29 is 9.84 Å². The predicted octanol–water partition coefficient (Wildman–Crippen LogP) is -0.490. The lowest BCUT2D eigenvalue weighted by Gasteiger charge is -2.13. The molecule has 0 unspecified atom stereocenters. The van der Waals surface area contributed by atoms with Crippen molar-refractivity contribution in [2.75, 3.05) is 0 Å². The van der Waals surface area contributed by atoms with Gasteiger partial charge in [0, 0.05) is 6.10 Å². The minimum Gasteiger partial charge on any atom is -0.595 e. The molecule has 1 heterocycles. The van der Waals surface area contributed by atoms with E-state index in [4.69, 9.17) is 0 Å². The quantitative estimate of drug-likeness (QED) is 0.426. The monoisotopic (exact) mass is 114 g/mol. The lowest BCUT2D eigenvalue weighted by molar-refractivity contribution is -0.249. The Kier molecular flexibility index (Phi) is 1.12. The number of hydrogen-bond acceptors (Lipinski definition) is 3. The van der Waals surface area contributed by atoms with Gasteiger partial charge in [-0.25, -0.2) is 0 Å². The van der Waals surface area contributed by atoms with Crippen LogP contribution >= 0.6 is 0 Å². The summed E-state index contributed by atoms with van der Waals surface area (Å²) in [4.78, 5) is 3.61. The highest BCUT2D eigenvalue weighted by molar-refractivity contribution is 5.64. The smallest absolute Gasteiger partial charge is 0.146 e. The second-order valence-corrected chi connectivity index (χ2v) is 1.96. The molecule has 1 rings (SSSR count). The minimum atomic E-state index is -0.426. The largest absolute Gasteiger partial charge is 0.595 e. The molecule has 1 aliphatic rings. The van der Waals surface area contributed by atoms with E-state index >= 15 is 0 Å². The van der Waals surface area contributed by atoms with E-state index in [2.05, 4.69) is 9.73 Å². The number of aliphatic imine (C=N–C) groups is 1. The van der Waals surface area contributed by atoms with Gasteiger partial charge in [-0.15, -0.1) is 0 Å². The zero-order valence-electron chi connectivity index (χ0n) is 4.92. The van der Waals surface area contributed by atoms with Crippen LogP contribution in [0.4, 0.5) is 0 Å². The molecule has 0 N–H and O–H groups in total. The molecule has 1 aliphatic heterocycles. The summed E-state index contributed by atoms with van der Waals surface area (Å²) in [5, 5.41) is 10.3.